The van der Waals surface area contributed by atoms with Gasteiger partial charge in [-0.3, -0.25) is 0 Å². The van der Waals surface area contributed by atoms with Crippen molar-refractivity contribution in [1.82, 2.24) is 0 Å². The Hall–Kier alpha value is -1.31. The summed E-state index contributed by atoms with van der Waals surface area (Å²) in [6, 6.07) is 16.6. The number of rotatable bonds is 2. The van der Waals surface area contributed by atoms with E-state index in [2.05, 4.69) is 6.07 Å². The third-order valence-corrected chi connectivity index (χ3v) is 2.58. The lowest BCUT2D eigenvalue weighted by atomic mass is 10.00. The molecule has 2 rings (SSSR count). The summed E-state index contributed by atoms with van der Waals surface area (Å²) in [7, 11) is 0. The fourth-order valence-electron chi connectivity index (χ4n) is 1.54. The number of benzene rings is 2. The SMILES string of the molecule is NCc1c[c]ccc1-c1ccc(Cl)cc1. The van der Waals surface area contributed by atoms with Crippen LogP contribution in [-0.4, -0.2) is 0 Å². The highest BCUT2D eigenvalue weighted by atomic mass is 35.5. The van der Waals surface area contributed by atoms with Gasteiger partial charge in [-0.05, 0) is 41.0 Å². The maximum absolute atomic E-state index is 5.84. The summed E-state index contributed by atoms with van der Waals surface area (Å²) in [4.78, 5) is 0. The number of nitrogens with two attached hydrogens (primary N) is 1. The summed E-state index contributed by atoms with van der Waals surface area (Å²) in [5, 5.41) is 0.746. The fraction of sp³-hybridized carbons (Fsp3) is 0.0769. The van der Waals surface area contributed by atoms with Crippen LogP contribution in [0.3, 0.4) is 0 Å². The van der Waals surface area contributed by atoms with Crippen LogP contribution in [0.25, 0.3) is 11.1 Å². The molecule has 0 heterocycles. The van der Waals surface area contributed by atoms with Crippen LogP contribution in [-0.2, 0) is 6.54 Å². The van der Waals surface area contributed by atoms with E-state index in [1.54, 1.807) is 0 Å². The van der Waals surface area contributed by atoms with Crippen molar-refractivity contribution in [2.45, 2.75) is 6.54 Å². The van der Waals surface area contributed by atoms with Crippen molar-refractivity contribution in [3.8, 4) is 11.1 Å². The van der Waals surface area contributed by atoms with Gasteiger partial charge in [0.15, 0.2) is 0 Å². The van der Waals surface area contributed by atoms with E-state index in [0.29, 0.717) is 6.54 Å². The predicted octanol–water partition coefficient (Wildman–Crippen LogP) is 3.27. The highest BCUT2D eigenvalue weighted by Gasteiger charge is 2.02. The number of halogens is 1. The van der Waals surface area contributed by atoms with Gasteiger partial charge in [0.05, 0.1) is 0 Å². The van der Waals surface area contributed by atoms with E-state index >= 15 is 0 Å². The number of hydrogen-bond donors (Lipinski definition) is 1. The standard InChI is InChI=1S/C13H11ClN/c14-12-7-5-10(6-8-12)13-4-2-1-3-11(13)9-15/h2-8H,9,15H2. The molecular weight excluding hydrogens is 206 g/mol. The second kappa shape index (κ2) is 4.47. The van der Waals surface area contributed by atoms with Gasteiger partial charge in [-0.15, -0.1) is 0 Å². The largest absolute Gasteiger partial charge is 0.326 e. The summed E-state index contributed by atoms with van der Waals surface area (Å²) < 4.78 is 0. The molecule has 75 valence electrons. The van der Waals surface area contributed by atoms with Gasteiger partial charge in [0.1, 0.15) is 0 Å². The quantitative estimate of drug-likeness (QED) is 0.820. The molecule has 0 saturated heterocycles. The maximum atomic E-state index is 5.84. The lowest BCUT2D eigenvalue weighted by molar-refractivity contribution is 1.07. The molecule has 2 N–H and O–H groups in total. The molecule has 2 aromatic carbocycles. The van der Waals surface area contributed by atoms with Crippen molar-refractivity contribution in [2.75, 3.05) is 0 Å². The van der Waals surface area contributed by atoms with Gasteiger partial charge in [0.25, 0.3) is 0 Å². The molecule has 2 aromatic rings. The zero-order chi connectivity index (χ0) is 10.7. The molecule has 0 spiro atoms. The minimum Gasteiger partial charge on any atom is -0.326 e. The average molecular weight is 217 g/mol. The molecule has 0 saturated carbocycles. The molecule has 0 bridgehead atoms. The Bertz CT molecular complexity index is 448. The van der Waals surface area contributed by atoms with Crippen LogP contribution in [0.1, 0.15) is 5.56 Å². The highest BCUT2D eigenvalue weighted by molar-refractivity contribution is 6.30. The summed E-state index contributed by atoms with van der Waals surface area (Å²) in [5.41, 5.74) is 9.05. The van der Waals surface area contributed by atoms with Crippen molar-refractivity contribution in [3.05, 3.63) is 59.1 Å². The first-order chi connectivity index (χ1) is 7.31. The van der Waals surface area contributed by atoms with Crippen LogP contribution in [0, 0.1) is 6.07 Å². The minimum atomic E-state index is 0.523. The Morgan fingerprint density at radius 3 is 2.53 bits per heavy atom. The van der Waals surface area contributed by atoms with E-state index in [-0.39, 0.29) is 0 Å². The van der Waals surface area contributed by atoms with Crippen LogP contribution in [0.15, 0.2) is 42.5 Å². The van der Waals surface area contributed by atoms with E-state index in [1.807, 2.05) is 42.5 Å². The second-order valence-electron chi connectivity index (χ2n) is 3.29. The van der Waals surface area contributed by atoms with E-state index in [4.69, 9.17) is 17.3 Å². The topological polar surface area (TPSA) is 26.0 Å². The molecule has 0 aliphatic carbocycles. The predicted molar refractivity (Wildman–Crippen MR) is 63.6 cm³/mol. The van der Waals surface area contributed by atoms with E-state index in [9.17, 15) is 0 Å². The van der Waals surface area contributed by atoms with Crippen molar-refractivity contribution in [3.63, 3.8) is 0 Å². The van der Waals surface area contributed by atoms with Gasteiger partial charge in [0.2, 0.25) is 0 Å². The zero-order valence-corrected chi connectivity index (χ0v) is 8.96. The minimum absolute atomic E-state index is 0.523. The summed E-state index contributed by atoms with van der Waals surface area (Å²) >= 11 is 5.84. The van der Waals surface area contributed by atoms with Gasteiger partial charge in [-0.25, -0.2) is 0 Å². The van der Waals surface area contributed by atoms with Crippen LogP contribution < -0.4 is 5.73 Å². The van der Waals surface area contributed by atoms with Crippen molar-refractivity contribution in [2.24, 2.45) is 5.73 Å². The molecular formula is C13H11ClN. The third-order valence-electron chi connectivity index (χ3n) is 2.32. The monoisotopic (exact) mass is 216 g/mol. The lowest BCUT2D eigenvalue weighted by Gasteiger charge is -2.07. The zero-order valence-electron chi connectivity index (χ0n) is 8.20. The van der Waals surface area contributed by atoms with E-state index < -0.39 is 0 Å². The van der Waals surface area contributed by atoms with Crippen LogP contribution >= 0.6 is 11.6 Å². The normalized spacial score (nSPS) is 10.3. The molecule has 0 unspecified atom stereocenters. The number of hydrogen-bond acceptors (Lipinski definition) is 1. The molecule has 1 nitrogen and oxygen atoms in total. The van der Waals surface area contributed by atoms with Gasteiger partial charge < -0.3 is 5.73 Å². The van der Waals surface area contributed by atoms with Crippen molar-refractivity contribution in [1.29, 1.82) is 0 Å². The first kappa shape index (κ1) is 10.2. The van der Waals surface area contributed by atoms with Crippen molar-refractivity contribution >= 4 is 11.6 Å². The molecule has 0 aromatic heterocycles. The second-order valence-corrected chi connectivity index (χ2v) is 3.73. The molecule has 0 aliphatic rings. The Kier molecular flexibility index (Phi) is 3.05. The first-order valence-electron chi connectivity index (χ1n) is 4.76. The Morgan fingerprint density at radius 2 is 1.87 bits per heavy atom. The summed E-state index contributed by atoms with van der Waals surface area (Å²) in [5.74, 6) is 0. The first-order valence-corrected chi connectivity index (χ1v) is 5.14. The molecule has 1 radical (unpaired) electrons. The smallest absolute Gasteiger partial charge is 0.0406 e. The van der Waals surface area contributed by atoms with E-state index in [1.165, 1.54) is 0 Å². The van der Waals surface area contributed by atoms with Crippen LogP contribution in [0.5, 0.6) is 0 Å². The summed E-state index contributed by atoms with van der Waals surface area (Å²) in [6.07, 6.45) is 0. The van der Waals surface area contributed by atoms with Crippen LogP contribution in [0.2, 0.25) is 5.02 Å². The van der Waals surface area contributed by atoms with Gasteiger partial charge in [-0.1, -0.05) is 35.9 Å². The summed E-state index contributed by atoms with van der Waals surface area (Å²) in [6.45, 7) is 0.523. The van der Waals surface area contributed by atoms with Crippen LogP contribution in [0.4, 0.5) is 0 Å². The Morgan fingerprint density at radius 1 is 1.13 bits per heavy atom. The molecule has 0 fully saturated rings. The third kappa shape index (κ3) is 2.20. The average Bonchev–Trinajstić information content (AvgIpc) is 2.30. The Balaban J connectivity index is 2.49. The van der Waals surface area contributed by atoms with Gasteiger partial charge in [-0.2, -0.15) is 0 Å². The van der Waals surface area contributed by atoms with Crippen molar-refractivity contribution < 1.29 is 0 Å². The molecule has 15 heavy (non-hydrogen) atoms. The van der Waals surface area contributed by atoms with Gasteiger partial charge in [0, 0.05) is 11.6 Å². The van der Waals surface area contributed by atoms with E-state index in [0.717, 1.165) is 21.7 Å². The molecule has 0 aliphatic heterocycles. The molecule has 0 amide bonds. The lowest BCUT2D eigenvalue weighted by Crippen LogP contribution is -1.98. The fourth-order valence-corrected chi connectivity index (χ4v) is 1.67. The maximum Gasteiger partial charge on any atom is 0.0406 e. The highest BCUT2D eigenvalue weighted by Crippen LogP contribution is 2.24. The molecule has 2 heteroatoms. The van der Waals surface area contributed by atoms with Gasteiger partial charge >= 0.3 is 0 Å². The Labute approximate surface area is 94.5 Å². The molecule has 0 atom stereocenters.